The van der Waals surface area contributed by atoms with Crippen LogP contribution >= 0.6 is 0 Å². The standard InChI is InChI=1S/C13H12O/c1-10-5-7-11(8-6-10)12-3-2-4-13(14)9-12/h2-9,14H,1H3. The Morgan fingerprint density at radius 2 is 1.57 bits per heavy atom. The van der Waals surface area contributed by atoms with Gasteiger partial charge in [-0.05, 0) is 30.2 Å². The lowest BCUT2D eigenvalue weighted by Crippen LogP contribution is -1.77. The van der Waals surface area contributed by atoms with Crippen molar-refractivity contribution in [2.24, 2.45) is 0 Å². The van der Waals surface area contributed by atoms with Crippen molar-refractivity contribution in [2.45, 2.75) is 6.92 Å². The molecule has 0 aromatic heterocycles. The molecular weight excluding hydrogens is 172 g/mol. The summed E-state index contributed by atoms with van der Waals surface area (Å²) in [6, 6.07) is 15.5. The minimum atomic E-state index is 0.308. The Labute approximate surface area is 83.6 Å². The van der Waals surface area contributed by atoms with Crippen LogP contribution in [0.15, 0.2) is 48.5 Å². The Bertz CT molecular complexity index is 429. The summed E-state index contributed by atoms with van der Waals surface area (Å²) in [7, 11) is 0. The van der Waals surface area contributed by atoms with Crippen LogP contribution in [0.5, 0.6) is 5.75 Å². The lowest BCUT2D eigenvalue weighted by molar-refractivity contribution is 0.475. The zero-order valence-electron chi connectivity index (χ0n) is 8.07. The predicted octanol–water partition coefficient (Wildman–Crippen LogP) is 3.37. The average molecular weight is 184 g/mol. The fourth-order valence-corrected chi connectivity index (χ4v) is 1.43. The first-order chi connectivity index (χ1) is 6.75. The molecule has 14 heavy (non-hydrogen) atoms. The van der Waals surface area contributed by atoms with Gasteiger partial charge in [0.15, 0.2) is 0 Å². The van der Waals surface area contributed by atoms with Crippen LogP contribution in [-0.4, -0.2) is 5.11 Å². The number of rotatable bonds is 1. The number of aromatic hydroxyl groups is 1. The maximum Gasteiger partial charge on any atom is 0.116 e. The fourth-order valence-electron chi connectivity index (χ4n) is 1.43. The maximum atomic E-state index is 9.33. The molecule has 0 radical (unpaired) electrons. The Balaban J connectivity index is 2.44. The quantitative estimate of drug-likeness (QED) is 0.720. The minimum Gasteiger partial charge on any atom is -0.508 e. The molecule has 2 rings (SSSR count). The summed E-state index contributed by atoms with van der Waals surface area (Å²) in [5, 5.41) is 9.33. The van der Waals surface area contributed by atoms with E-state index in [1.807, 2.05) is 12.1 Å². The molecule has 0 saturated carbocycles. The molecule has 0 unspecified atom stereocenters. The molecule has 0 aliphatic carbocycles. The van der Waals surface area contributed by atoms with Gasteiger partial charge in [0, 0.05) is 0 Å². The average Bonchev–Trinajstić information content (AvgIpc) is 2.19. The van der Waals surface area contributed by atoms with E-state index in [0.717, 1.165) is 11.1 Å². The van der Waals surface area contributed by atoms with Crippen LogP contribution in [0.4, 0.5) is 0 Å². The van der Waals surface area contributed by atoms with Gasteiger partial charge in [0.05, 0.1) is 0 Å². The molecule has 70 valence electrons. The number of hydrogen-bond acceptors (Lipinski definition) is 1. The van der Waals surface area contributed by atoms with Crippen LogP contribution < -0.4 is 0 Å². The highest BCUT2D eigenvalue weighted by atomic mass is 16.3. The van der Waals surface area contributed by atoms with E-state index in [-0.39, 0.29) is 0 Å². The lowest BCUT2D eigenvalue weighted by atomic mass is 10.0. The van der Waals surface area contributed by atoms with Crippen molar-refractivity contribution in [2.75, 3.05) is 0 Å². The fraction of sp³-hybridized carbons (Fsp3) is 0.0769. The summed E-state index contributed by atoms with van der Waals surface area (Å²) in [5.41, 5.74) is 3.42. The molecule has 0 atom stereocenters. The van der Waals surface area contributed by atoms with E-state index >= 15 is 0 Å². The monoisotopic (exact) mass is 184 g/mol. The van der Waals surface area contributed by atoms with Gasteiger partial charge < -0.3 is 5.11 Å². The summed E-state index contributed by atoms with van der Waals surface area (Å²) >= 11 is 0. The summed E-state index contributed by atoms with van der Waals surface area (Å²) in [4.78, 5) is 0. The molecule has 0 aliphatic rings. The van der Waals surface area contributed by atoms with Crippen molar-refractivity contribution in [3.63, 3.8) is 0 Å². The third-order valence-electron chi connectivity index (χ3n) is 2.23. The highest BCUT2D eigenvalue weighted by molar-refractivity contribution is 5.65. The minimum absolute atomic E-state index is 0.308. The predicted molar refractivity (Wildman–Crippen MR) is 58.3 cm³/mol. The van der Waals surface area contributed by atoms with E-state index in [0.29, 0.717) is 5.75 Å². The van der Waals surface area contributed by atoms with Crippen molar-refractivity contribution < 1.29 is 5.11 Å². The SMILES string of the molecule is Cc1ccc(-c2cccc(O)c2)cc1. The summed E-state index contributed by atoms with van der Waals surface area (Å²) in [6.45, 7) is 2.06. The second-order valence-electron chi connectivity index (χ2n) is 3.42. The number of phenols is 1. The molecule has 2 aromatic rings. The first kappa shape index (κ1) is 8.82. The molecule has 0 amide bonds. The van der Waals surface area contributed by atoms with E-state index in [1.54, 1.807) is 12.1 Å². The van der Waals surface area contributed by atoms with E-state index in [2.05, 4.69) is 31.2 Å². The highest BCUT2D eigenvalue weighted by Gasteiger charge is 1.97. The van der Waals surface area contributed by atoms with Gasteiger partial charge in [-0.1, -0.05) is 42.0 Å². The van der Waals surface area contributed by atoms with E-state index < -0.39 is 0 Å². The normalized spacial score (nSPS) is 10.1. The largest absolute Gasteiger partial charge is 0.508 e. The molecule has 0 fully saturated rings. The maximum absolute atomic E-state index is 9.33. The zero-order valence-corrected chi connectivity index (χ0v) is 8.07. The molecule has 0 spiro atoms. The van der Waals surface area contributed by atoms with Gasteiger partial charge in [-0.3, -0.25) is 0 Å². The molecular formula is C13H12O. The van der Waals surface area contributed by atoms with Crippen LogP contribution in [0.25, 0.3) is 11.1 Å². The smallest absolute Gasteiger partial charge is 0.116 e. The second-order valence-corrected chi connectivity index (χ2v) is 3.42. The molecule has 0 saturated heterocycles. The number of aryl methyl sites for hydroxylation is 1. The molecule has 2 aromatic carbocycles. The molecule has 0 heterocycles. The third kappa shape index (κ3) is 1.77. The van der Waals surface area contributed by atoms with Crippen molar-refractivity contribution in [3.05, 3.63) is 54.1 Å². The first-order valence-electron chi connectivity index (χ1n) is 4.62. The first-order valence-corrected chi connectivity index (χ1v) is 4.62. The molecule has 0 aliphatic heterocycles. The van der Waals surface area contributed by atoms with Crippen LogP contribution in [0.1, 0.15) is 5.56 Å². The van der Waals surface area contributed by atoms with Crippen molar-refractivity contribution in [1.82, 2.24) is 0 Å². The summed E-state index contributed by atoms with van der Waals surface area (Å²) < 4.78 is 0. The Hall–Kier alpha value is -1.76. The van der Waals surface area contributed by atoms with Gasteiger partial charge in [-0.2, -0.15) is 0 Å². The topological polar surface area (TPSA) is 20.2 Å². The molecule has 1 nitrogen and oxygen atoms in total. The van der Waals surface area contributed by atoms with Crippen LogP contribution in [-0.2, 0) is 0 Å². The number of phenolic OH excluding ortho intramolecular Hbond substituents is 1. The Kier molecular flexibility index (Phi) is 2.23. The van der Waals surface area contributed by atoms with Crippen molar-refractivity contribution in [3.8, 4) is 16.9 Å². The second kappa shape index (κ2) is 3.54. The van der Waals surface area contributed by atoms with Gasteiger partial charge in [0.1, 0.15) is 5.75 Å². The van der Waals surface area contributed by atoms with Crippen LogP contribution in [0.2, 0.25) is 0 Å². The number of benzene rings is 2. The molecule has 1 heteroatoms. The van der Waals surface area contributed by atoms with Crippen molar-refractivity contribution >= 4 is 0 Å². The summed E-state index contributed by atoms with van der Waals surface area (Å²) in [6.07, 6.45) is 0. The van der Waals surface area contributed by atoms with Gasteiger partial charge in [0.2, 0.25) is 0 Å². The van der Waals surface area contributed by atoms with Crippen LogP contribution in [0, 0.1) is 6.92 Å². The zero-order chi connectivity index (χ0) is 9.97. The third-order valence-corrected chi connectivity index (χ3v) is 2.23. The van der Waals surface area contributed by atoms with Gasteiger partial charge in [-0.25, -0.2) is 0 Å². The summed E-state index contributed by atoms with van der Waals surface area (Å²) in [5.74, 6) is 0.308. The van der Waals surface area contributed by atoms with Gasteiger partial charge in [-0.15, -0.1) is 0 Å². The van der Waals surface area contributed by atoms with Gasteiger partial charge >= 0.3 is 0 Å². The highest BCUT2D eigenvalue weighted by Crippen LogP contribution is 2.23. The Morgan fingerprint density at radius 1 is 0.857 bits per heavy atom. The Morgan fingerprint density at radius 3 is 2.21 bits per heavy atom. The van der Waals surface area contributed by atoms with E-state index in [4.69, 9.17) is 0 Å². The van der Waals surface area contributed by atoms with Gasteiger partial charge in [0.25, 0.3) is 0 Å². The molecule has 1 N–H and O–H groups in total. The van der Waals surface area contributed by atoms with E-state index in [1.165, 1.54) is 5.56 Å². The molecule has 0 bridgehead atoms. The van der Waals surface area contributed by atoms with Crippen molar-refractivity contribution in [1.29, 1.82) is 0 Å². The number of hydrogen-bond donors (Lipinski definition) is 1. The van der Waals surface area contributed by atoms with E-state index in [9.17, 15) is 5.11 Å². The lowest BCUT2D eigenvalue weighted by Gasteiger charge is -2.02. The van der Waals surface area contributed by atoms with Crippen LogP contribution in [0.3, 0.4) is 0 Å².